The SMILES string of the molecule is N/C(=N\C(=O)OCc1ccccc1)c1ccc(CNC(=O)C[C@H]2OCCN(NC(=O)Nc3ccccc3)C2=O)cc1. The van der Waals surface area contributed by atoms with Gasteiger partial charge in [0.1, 0.15) is 18.5 Å². The number of para-hydroxylation sites is 1. The van der Waals surface area contributed by atoms with Crippen molar-refractivity contribution >= 4 is 35.5 Å². The Bertz CT molecular complexity index is 1380. The van der Waals surface area contributed by atoms with E-state index in [1.165, 1.54) is 0 Å². The molecule has 1 heterocycles. The van der Waals surface area contributed by atoms with Gasteiger partial charge in [0.2, 0.25) is 5.91 Å². The standard InChI is InChI=1S/C29H30N6O6/c30-26(33-29(39)41-19-21-7-3-1-4-8-21)22-13-11-20(12-14-22)18-31-25(36)17-24-27(37)35(15-16-40-24)34-28(38)32-23-9-5-2-6-10-23/h1-14,24H,15-19H2,(H,31,36)(H2,30,33,39)(H2,32,34,38)/t24-/m1/s1. The Labute approximate surface area is 236 Å². The minimum atomic E-state index is -1.03. The summed E-state index contributed by atoms with van der Waals surface area (Å²) in [6.07, 6.45) is -2.03. The van der Waals surface area contributed by atoms with E-state index in [9.17, 15) is 19.2 Å². The van der Waals surface area contributed by atoms with E-state index < -0.39 is 30.0 Å². The van der Waals surface area contributed by atoms with Crippen molar-refractivity contribution < 1.29 is 28.7 Å². The molecule has 0 saturated carbocycles. The van der Waals surface area contributed by atoms with Crippen LogP contribution in [0.1, 0.15) is 23.1 Å². The molecule has 4 rings (SSSR count). The smallest absolute Gasteiger partial charge is 0.435 e. The fourth-order valence-corrected chi connectivity index (χ4v) is 3.85. The molecular weight excluding hydrogens is 528 g/mol. The lowest BCUT2D eigenvalue weighted by molar-refractivity contribution is -0.158. The molecule has 3 aromatic rings. The fourth-order valence-electron chi connectivity index (χ4n) is 3.85. The lowest BCUT2D eigenvalue weighted by Gasteiger charge is -2.32. The number of hydrogen-bond acceptors (Lipinski definition) is 6. The van der Waals surface area contributed by atoms with Crippen molar-refractivity contribution in [1.29, 1.82) is 0 Å². The molecule has 5 N–H and O–H groups in total. The third-order valence-corrected chi connectivity index (χ3v) is 5.97. The van der Waals surface area contributed by atoms with Gasteiger partial charge in [0.25, 0.3) is 5.91 Å². The number of carbonyl (C=O) groups is 4. The summed E-state index contributed by atoms with van der Waals surface area (Å²) in [7, 11) is 0. The van der Waals surface area contributed by atoms with E-state index in [-0.39, 0.29) is 38.6 Å². The zero-order chi connectivity index (χ0) is 29.0. The number of nitrogens with zero attached hydrogens (tertiary/aromatic N) is 2. The summed E-state index contributed by atoms with van der Waals surface area (Å²) >= 11 is 0. The van der Waals surface area contributed by atoms with Gasteiger partial charge in [-0.05, 0) is 23.3 Å². The highest BCUT2D eigenvalue weighted by molar-refractivity contribution is 6.02. The molecule has 1 aliphatic rings. The average molecular weight is 559 g/mol. The first-order chi connectivity index (χ1) is 19.9. The summed E-state index contributed by atoms with van der Waals surface area (Å²) in [6, 6.07) is 24.2. The second kappa shape index (κ2) is 14.2. The molecule has 1 fully saturated rings. The molecule has 3 aromatic carbocycles. The van der Waals surface area contributed by atoms with Crippen LogP contribution in [-0.4, -0.2) is 54.0 Å². The summed E-state index contributed by atoms with van der Waals surface area (Å²) in [4.78, 5) is 53.2. The molecular formula is C29H30N6O6. The highest BCUT2D eigenvalue weighted by atomic mass is 16.5. The van der Waals surface area contributed by atoms with Crippen LogP contribution in [0.5, 0.6) is 0 Å². The number of hydrazine groups is 1. The highest BCUT2D eigenvalue weighted by Gasteiger charge is 2.32. The molecule has 0 radical (unpaired) electrons. The minimum absolute atomic E-state index is 0.00206. The van der Waals surface area contributed by atoms with Gasteiger partial charge >= 0.3 is 12.1 Å². The molecule has 0 spiro atoms. The molecule has 0 aromatic heterocycles. The summed E-state index contributed by atoms with van der Waals surface area (Å²) in [5.41, 5.74) is 11.1. The van der Waals surface area contributed by atoms with Crippen molar-refractivity contribution in [3.63, 3.8) is 0 Å². The molecule has 5 amide bonds. The molecule has 0 aliphatic carbocycles. The first-order valence-corrected chi connectivity index (χ1v) is 12.8. The van der Waals surface area contributed by atoms with Crippen LogP contribution in [0, 0.1) is 0 Å². The average Bonchev–Trinajstić information content (AvgIpc) is 2.98. The van der Waals surface area contributed by atoms with Crippen molar-refractivity contribution in [2.24, 2.45) is 10.7 Å². The van der Waals surface area contributed by atoms with Crippen molar-refractivity contribution in [2.75, 3.05) is 18.5 Å². The highest BCUT2D eigenvalue weighted by Crippen LogP contribution is 2.11. The fraction of sp³-hybridized carbons (Fsp3) is 0.207. The molecule has 41 heavy (non-hydrogen) atoms. The van der Waals surface area contributed by atoms with E-state index in [2.05, 4.69) is 21.1 Å². The van der Waals surface area contributed by atoms with Crippen LogP contribution in [0.15, 0.2) is 89.9 Å². The second-order valence-corrected chi connectivity index (χ2v) is 9.00. The van der Waals surface area contributed by atoms with Gasteiger partial charge in [-0.2, -0.15) is 4.99 Å². The molecule has 12 heteroatoms. The normalized spacial score (nSPS) is 15.1. The summed E-state index contributed by atoms with van der Waals surface area (Å²) < 4.78 is 10.6. The van der Waals surface area contributed by atoms with Crippen molar-refractivity contribution in [1.82, 2.24) is 15.8 Å². The molecule has 0 bridgehead atoms. The second-order valence-electron chi connectivity index (χ2n) is 9.00. The number of nitrogens with one attached hydrogen (secondary N) is 3. The number of amides is 5. The number of carbonyl (C=O) groups excluding carboxylic acids is 4. The number of rotatable bonds is 9. The number of urea groups is 1. The Balaban J connectivity index is 1.21. The van der Waals surface area contributed by atoms with Crippen LogP contribution >= 0.6 is 0 Å². The van der Waals surface area contributed by atoms with E-state index in [4.69, 9.17) is 15.2 Å². The Morgan fingerprint density at radius 2 is 1.63 bits per heavy atom. The molecule has 0 unspecified atom stereocenters. The van der Waals surface area contributed by atoms with E-state index in [0.717, 1.165) is 16.1 Å². The van der Waals surface area contributed by atoms with Gasteiger partial charge in [0, 0.05) is 17.8 Å². The maximum absolute atomic E-state index is 12.7. The number of benzene rings is 3. The maximum Gasteiger partial charge on any atom is 0.435 e. The van der Waals surface area contributed by atoms with Crippen molar-refractivity contribution in [3.8, 4) is 0 Å². The summed E-state index contributed by atoms with van der Waals surface area (Å²) in [5.74, 6) is -0.913. The lowest BCUT2D eigenvalue weighted by atomic mass is 10.1. The molecule has 212 valence electrons. The van der Waals surface area contributed by atoms with E-state index in [0.29, 0.717) is 11.3 Å². The number of anilines is 1. The number of nitrogens with two attached hydrogens (primary N) is 1. The number of aliphatic imine (C=N–C) groups is 1. The Morgan fingerprint density at radius 1 is 0.951 bits per heavy atom. The van der Waals surface area contributed by atoms with Gasteiger partial charge in [-0.3, -0.25) is 9.59 Å². The molecule has 12 nitrogen and oxygen atoms in total. The van der Waals surface area contributed by atoms with Crippen LogP contribution in [-0.2, 0) is 32.2 Å². The van der Waals surface area contributed by atoms with Gasteiger partial charge < -0.3 is 25.8 Å². The van der Waals surface area contributed by atoms with Crippen LogP contribution in [0.4, 0.5) is 15.3 Å². The zero-order valence-electron chi connectivity index (χ0n) is 22.1. The predicted octanol–water partition coefficient (Wildman–Crippen LogP) is 2.70. The Morgan fingerprint density at radius 3 is 2.34 bits per heavy atom. The van der Waals surface area contributed by atoms with Crippen LogP contribution < -0.4 is 21.8 Å². The topological polar surface area (TPSA) is 164 Å². The van der Waals surface area contributed by atoms with Crippen molar-refractivity contribution in [3.05, 3.63) is 102 Å². The van der Waals surface area contributed by atoms with Gasteiger partial charge in [-0.25, -0.2) is 20.0 Å². The summed E-state index contributed by atoms with van der Waals surface area (Å²) in [6.45, 7) is 0.602. The maximum atomic E-state index is 12.7. The van der Waals surface area contributed by atoms with Crippen LogP contribution in [0.25, 0.3) is 0 Å². The van der Waals surface area contributed by atoms with Crippen LogP contribution in [0.2, 0.25) is 0 Å². The van der Waals surface area contributed by atoms with Gasteiger partial charge in [-0.1, -0.05) is 72.8 Å². The quantitative estimate of drug-likeness (QED) is 0.232. The van der Waals surface area contributed by atoms with E-state index >= 15 is 0 Å². The van der Waals surface area contributed by atoms with Crippen LogP contribution in [0.3, 0.4) is 0 Å². The minimum Gasteiger partial charge on any atom is -0.443 e. The molecule has 1 aliphatic heterocycles. The predicted molar refractivity (Wildman–Crippen MR) is 150 cm³/mol. The largest absolute Gasteiger partial charge is 0.443 e. The third kappa shape index (κ3) is 8.90. The molecule has 1 saturated heterocycles. The third-order valence-electron chi connectivity index (χ3n) is 5.97. The Kier molecular flexibility index (Phi) is 9.99. The zero-order valence-corrected chi connectivity index (χ0v) is 22.1. The monoisotopic (exact) mass is 558 g/mol. The first kappa shape index (κ1) is 28.8. The lowest BCUT2D eigenvalue weighted by Crippen LogP contribution is -2.57. The van der Waals surface area contributed by atoms with E-state index in [1.807, 2.05) is 36.4 Å². The Hall–Kier alpha value is -5.23. The molecule has 1 atom stereocenters. The van der Waals surface area contributed by atoms with Gasteiger partial charge in [0.05, 0.1) is 19.6 Å². The van der Waals surface area contributed by atoms with Gasteiger partial charge in [-0.15, -0.1) is 0 Å². The number of hydrogen-bond donors (Lipinski definition) is 4. The van der Waals surface area contributed by atoms with Crippen molar-refractivity contribution in [2.45, 2.75) is 25.7 Å². The summed E-state index contributed by atoms with van der Waals surface area (Å²) in [5, 5.41) is 6.52. The number of amidine groups is 1. The number of ether oxygens (including phenoxy) is 2. The van der Waals surface area contributed by atoms with E-state index in [1.54, 1.807) is 48.5 Å². The first-order valence-electron chi connectivity index (χ1n) is 12.8. The van der Waals surface area contributed by atoms with Gasteiger partial charge in [0.15, 0.2) is 0 Å². The number of morpholine rings is 1.